The first kappa shape index (κ1) is 21.0. The third-order valence-corrected chi connectivity index (χ3v) is 5.17. The summed E-state index contributed by atoms with van der Waals surface area (Å²) in [5.41, 5.74) is 5.23. The van der Waals surface area contributed by atoms with E-state index in [4.69, 9.17) is 30.9 Å². The number of nitrogens with one attached hydrogen (secondary N) is 1. The Labute approximate surface area is 176 Å². The van der Waals surface area contributed by atoms with Crippen LogP contribution in [-0.4, -0.2) is 31.1 Å². The van der Waals surface area contributed by atoms with Crippen LogP contribution in [0.15, 0.2) is 36.4 Å². The van der Waals surface area contributed by atoms with Gasteiger partial charge in [0.2, 0.25) is 5.75 Å². The number of ether oxygens (including phenoxy) is 3. The van der Waals surface area contributed by atoms with Crippen molar-refractivity contribution in [3.8, 4) is 22.9 Å². The summed E-state index contributed by atoms with van der Waals surface area (Å²) in [6.07, 6.45) is 0. The highest BCUT2D eigenvalue weighted by Crippen LogP contribution is 2.39. The van der Waals surface area contributed by atoms with Crippen LogP contribution in [0.3, 0.4) is 0 Å². The molecule has 3 rings (SSSR count). The van der Waals surface area contributed by atoms with Gasteiger partial charge in [-0.25, -0.2) is 4.68 Å². The summed E-state index contributed by atoms with van der Waals surface area (Å²) in [4.78, 5) is 0. The van der Waals surface area contributed by atoms with E-state index < -0.39 is 0 Å². The van der Waals surface area contributed by atoms with Crippen molar-refractivity contribution >= 4 is 11.6 Å². The average molecular weight is 416 g/mol. The first-order valence-electron chi connectivity index (χ1n) is 9.29. The summed E-state index contributed by atoms with van der Waals surface area (Å²) in [5, 5.41) is 8.89. The van der Waals surface area contributed by atoms with Gasteiger partial charge >= 0.3 is 0 Å². The number of benzene rings is 2. The Kier molecular flexibility index (Phi) is 6.67. The summed E-state index contributed by atoms with van der Waals surface area (Å²) in [6.45, 7) is 5.40. The fourth-order valence-electron chi connectivity index (χ4n) is 3.39. The van der Waals surface area contributed by atoms with Gasteiger partial charge in [0.1, 0.15) is 0 Å². The number of nitrogens with zero attached hydrogens (tertiary/aromatic N) is 2. The minimum absolute atomic E-state index is 0.595. The maximum atomic E-state index is 6.00. The molecule has 154 valence electrons. The summed E-state index contributed by atoms with van der Waals surface area (Å²) in [6, 6.07) is 11.5. The lowest BCUT2D eigenvalue weighted by molar-refractivity contribution is 0.321. The van der Waals surface area contributed by atoms with Gasteiger partial charge in [-0.1, -0.05) is 17.7 Å². The van der Waals surface area contributed by atoms with Gasteiger partial charge in [0.15, 0.2) is 11.5 Å². The van der Waals surface area contributed by atoms with Crippen LogP contribution < -0.4 is 19.5 Å². The van der Waals surface area contributed by atoms with Crippen LogP contribution in [0.4, 0.5) is 0 Å². The molecule has 29 heavy (non-hydrogen) atoms. The van der Waals surface area contributed by atoms with Crippen molar-refractivity contribution < 1.29 is 14.2 Å². The van der Waals surface area contributed by atoms with E-state index in [2.05, 4.69) is 12.2 Å². The summed E-state index contributed by atoms with van der Waals surface area (Å²) < 4.78 is 18.3. The van der Waals surface area contributed by atoms with Crippen molar-refractivity contribution in [2.45, 2.75) is 26.9 Å². The van der Waals surface area contributed by atoms with Crippen LogP contribution in [0.25, 0.3) is 5.69 Å². The standard InChI is InChI=1S/C22H26ClN3O3/c1-14-19(15(2)26(25-14)18-9-7-17(23)8-10-18)13-24-12-16-6-11-20(27-3)22(29-5)21(16)28-4/h6-11,24H,12-13H2,1-5H3. The average Bonchev–Trinajstić information content (AvgIpc) is 3.01. The minimum atomic E-state index is 0.595. The van der Waals surface area contributed by atoms with Crippen molar-refractivity contribution in [2.24, 2.45) is 0 Å². The van der Waals surface area contributed by atoms with Crippen LogP contribution in [0, 0.1) is 13.8 Å². The van der Waals surface area contributed by atoms with Gasteiger partial charge in [-0.3, -0.25) is 0 Å². The lowest BCUT2D eigenvalue weighted by Gasteiger charge is -2.16. The molecule has 3 aromatic rings. The highest BCUT2D eigenvalue weighted by molar-refractivity contribution is 6.30. The molecule has 0 unspecified atom stereocenters. The summed E-state index contributed by atoms with van der Waals surface area (Å²) in [7, 11) is 4.85. The zero-order valence-corrected chi connectivity index (χ0v) is 18.1. The van der Waals surface area contributed by atoms with E-state index in [0.717, 1.165) is 22.6 Å². The fourth-order valence-corrected chi connectivity index (χ4v) is 3.52. The first-order valence-corrected chi connectivity index (χ1v) is 9.67. The number of halogens is 1. The molecule has 1 aromatic heterocycles. The number of aryl methyl sites for hydroxylation is 1. The number of rotatable bonds is 8. The van der Waals surface area contributed by atoms with Gasteiger partial charge in [-0.2, -0.15) is 5.10 Å². The van der Waals surface area contributed by atoms with Gasteiger partial charge in [0.25, 0.3) is 0 Å². The van der Waals surface area contributed by atoms with Crippen LogP contribution in [0.2, 0.25) is 5.02 Å². The Morgan fingerprint density at radius 1 is 0.897 bits per heavy atom. The number of aromatic nitrogens is 2. The van der Waals surface area contributed by atoms with E-state index in [1.165, 1.54) is 5.56 Å². The van der Waals surface area contributed by atoms with E-state index in [-0.39, 0.29) is 0 Å². The van der Waals surface area contributed by atoms with Crippen molar-refractivity contribution in [3.63, 3.8) is 0 Å². The molecule has 0 bridgehead atoms. The van der Waals surface area contributed by atoms with Crippen molar-refractivity contribution in [1.82, 2.24) is 15.1 Å². The molecule has 7 heteroatoms. The Bertz CT molecular complexity index is 984. The van der Waals surface area contributed by atoms with E-state index in [1.807, 2.05) is 48.0 Å². The minimum Gasteiger partial charge on any atom is -0.493 e. The highest BCUT2D eigenvalue weighted by Gasteiger charge is 2.17. The third kappa shape index (κ3) is 4.33. The topological polar surface area (TPSA) is 57.5 Å². The molecular weight excluding hydrogens is 390 g/mol. The van der Waals surface area contributed by atoms with E-state index in [0.29, 0.717) is 35.4 Å². The fraction of sp³-hybridized carbons (Fsp3) is 0.318. The molecule has 0 saturated carbocycles. The molecule has 0 aliphatic rings. The van der Waals surface area contributed by atoms with Crippen molar-refractivity contribution in [2.75, 3.05) is 21.3 Å². The molecule has 0 spiro atoms. The van der Waals surface area contributed by atoms with Gasteiger partial charge in [0.05, 0.1) is 32.7 Å². The molecule has 0 aliphatic heterocycles. The van der Waals surface area contributed by atoms with Gasteiger partial charge in [-0.15, -0.1) is 0 Å². The Balaban J connectivity index is 1.77. The quantitative estimate of drug-likeness (QED) is 0.588. The normalized spacial score (nSPS) is 10.8. The summed E-state index contributed by atoms with van der Waals surface area (Å²) in [5.74, 6) is 1.91. The maximum Gasteiger partial charge on any atom is 0.203 e. The molecule has 1 N–H and O–H groups in total. The molecule has 2 aromatic carbocycles. The zero-order valence-electron chi connectivity index (χ0n) is 17.4. The predicted octanol–water partition coefficient (Wildman–Crippen LogP) is 4.46. The molecule has 0 atom stereocenters. The number of hydrogen-bond donors (Lipinski definition) is 1. The molecule has 0 aliphatic carbocycles. The second-order valence-corrected chi connectivity index (χ2v) is 7.07. The smallest absolute Gasteiger partial charge is 0.203 e. The van der Waals surface area contributed by atoms with Gasteiger partial charge in [0, 0.05) is 34.9 Å². The SMILES string of the molecule is COc1ccc(CNCc2c(C)nn(-c3ccc(Cl)cc3)c2C)c(OC)c1OC. The van der Waals surface area contributed by atoms with E-state index in [9.17, 15) is 0 Å². The Hall–Kier alpha value is -2.70. The lowest BCUT2D eigenvalue weighted by Crippen LogP contribution is -2.15. The Morgan fingerprint density at radius 2 is 1.59 bits per heavy atom. The second kappa shape index (κ2) is 9.20. The molecule has 0 saturated heterocycles. The molecule has 0 amide bonds. The van der Waals surface area contributed by atoms with Crippen LogP contribution >= 0.6 is 11.6 Å². The van der Waals surface area contributed by atoms with Gasteiger partial charge < -0.3 is 19.5 Å². The molecule has 6 nitrogen and oxygen atoms in total. The number of hydrogen-bond acceptors (Lipinski definition) is 5. The van der Waals surface area contributed by atoms with Crippen LogP contribution in [0.1, 0.15) is 22.5 Å². The third-order valence-electron chi connectivity index (χ3n) is 4.92. The van der Waals surface area contributed by atoms with E-state index >= 15 is 0 Å². The predicted molar refractivity (Wildman–Crippen MR) is 115 cm³/mol. The van der Waals surface area contributed by atoms with Gasteiger partial charge in [-0.05, 0) is 44.2 Å². The zero-order chi connectivity index (χ0) is 21.0. The van der Waals surface area contributed by atoms with Crippen molar-refractivity contribution in [3.05, 3.63) is 63.9 Å². The summed E-state index contributed by atoms with van der Waals surface area (Å²) >= 11 is 6.00. The van der Waals surface area contributed by atoms with Crippen LogP contribution in [0.5, 0.6) is 17.2 Å². The molecule has 0 fully saturated rings. The van der Waals surface area contributed by atoms with Crippen LogP contribution in [-0.2, 0) is 13.1 Å². The monoisotopic (exact) mass is 415 g/mol. The largest absolute Gasteiger partial charge is 0.493 e. The maximum absolute atomic E-state index is 6.00. The number of methoxy groups -OCH3 is 3. The first-order chi connectivity index (χ1) is 14.0. The van der Waals surface area contributed by atoms with E-state index in [1.54, 1.807) is 21.3 Å². The van der Waals surface area contributed by atoms with Crippen molar-refractivity contribution in [1.29, 1.82) is 0 Å². The molecule has 1 heterocycles. The highest BCUT2D eigenvalue weighted by atomic mass is 35.5. The molecule has 0 radical (unpaired) electrons. The Morgan fingerprint density at radius 3 is 2.21 bits per heavy atom. The lowest BCUT2D eigenvalue weighted by atomic mass is 10.1. The molecular formula is C22H26ClN3O3. The second-order valence-electron chi connectivity index (χ2n) is 6.63.